The minimum Gasteiger partial charge on any atom is -0.454 e. The van der Waals surface area contributed by atoms with Crippen molar-refractivity contribution in [2.24, 2.45) is 0 Å². The largest absolute Gasteiger partial charge is 0.454 e. The van der Waals surface area contributed by atoms with Crippen LogP contribution in [-0.2, 0) is 19.1 Å². The highest BCUT2D eigenvalue weighted by atomic mass is 16.7. The first-order valence-corrected chi connectivity index (χ1v) is 9.77. The van der Waals surface area contributed by atoms with Gasteiger partial charge in [0.05, 0.1) is 0 Å². The van der Waals surface area contributed by atoms with E-state index in [1.807, 2.05) is 6.92 Å². The summed E-state index contributed by atoms with van der Waals surface area (Å²) in [5.74, 6) is -0.816. The number of imide groups is 1. The summed E-state index contributed by atoms with van der Waals surface area (Å²) in [4.78, 5) is 50.1. The molecule has 0 radical (unpaired) electrons. The number of hydrogen-bond donors (Lipinski definition) is 2. The predicted octanol–water partition coefficient (Wildman–Crippen LogP) is 1.79. The number of urea groups is 1. The number of hydrogen-bond acceptors (Lipinski definition) is 7. The second-order valence-electron chi connectivity index (χ2n) is 7.45. The number of fused-ring (bicyclic) bond motifs is 1. The maximum absolute atomic E-state index is 12.6. The summed E-state index contributed by atoms with van der Waals surface area (Å²) < 4.78 is 15.6. The number of nitrogens with one attached hydrogen (secondary N) is 2. The normalized spacial score (nSPS) is 20.7. The SMILES string of the molecule is CCCC[C@@]1(C)NC(=O)N(CC(=O)O[C@@H](C)C(=O)Nc2ccc3c(c2)OCO3)C1=O. The van der Waals surface area contributed by atoms with E-state index in [-0.39, 0.29) is 6.79 Å². The molecule has 2 aliphatic heterocycles. The van der Waals surface area contributed by atoms with E-state index in [4.69, 9.17) is 14.2 Å². The molecule has 1 fully saturated rings. The second kappa shape index (κ2) is 8.60. The van der Waals surface area contributed by atoms with Gasteiger partial charge >= 0.3 is 12.0 Å². The Balaban J connectivity index is 1.53. The molecule has 0 aliphatic carbocycles. The average Bonchev–Trinajstić information content (AvgIpc) is 3.24. The number of amides is 4. The maximum Gasteiger partial charge on any atom is 0.327 e. The van der Waals surface area contributed by atoms with Crippen molar-refractivity contribution >= 4 is 29.5 Å². The average molecular weight is 419 g/mol. The van der Waals surface area contributed by atoms with Crippen molar-refractivity contribution in [1.82, 2.24) is 10.2 Å². The van der Waals surface area contributed by atoms with E-state index < -0.39 is 42.0 Å². The van der Waals surface area contributed by atoms with Crippen molar-refractivity contribution in [3.63, 3.8) is 0 Å². The van der Waals surface area contributed by atoms with Crippen LogP contribution in [0.15, 0.2) is 18.2 Å². The Kier molecular flexibility index (Phi) is 6.14. The number of esters is 1. The highest BCUT2D eigenvalue weighted by Crippen LogP contribution is 2.34. The van der Waals surface area contributed by atoms with Gasteiger partial charge in [-0.15, -0.1) is 0 Å². The van der Waals surface area contributed by atoms with Gasteiger partial charge in [0.1, 0.15) is 12.1 Å². The van der Waals surface area contributed by atoms with E-state index in [0.717, 1.165) is 17.7 Å². The van der Waals surface area contributed by atoms with Gasteiger partial charge in [-0.1, -0.05) is 19.8 Å². The molecule has 4 amide bonds. The Morgan fingerprint density at radius 3 is 2.77 bits per heavy atom. The molecule has 3 rings (SSSR count). The van der Waals surface area contributed by atoms with Gasteiger partial charge in [0.15, 0.2) is 17.6 Å². The van der Waals surface area contributed by atoms with Crippen LogP contribution in [-0.4, -0.2) is 53.7 Å². The van der Waals surface area contributed by atoms with Crippen molar-refractivity contribution in [3.8, 4) is 11.5 Å². The lowest BCUT2D eigenvalue weighted by molar-refractivity contribution is -0.155. The van der Waals surface area contributed by atoms with Crippen LogP contribution in [0.2, 0.25) is 0 Å². The molecule has 10 heteroatoms. The summed E-state index contributed by atoms with van der Waals surface area (Å²) in [6, 6.07) is 4.23. The zero-order valence-corrected chi connectivity index (χ0v) is 17.1. The highest BCUT2D eigenvalue weighted by Gasteiger charge is 2.48. The molecule has 0 unspecified atom stereocenters. The molecule has 1 aromatic carbocycles. The quantitative estimate of drug-likeness (QED) is 0.486. The molecule has 2 atom stereocenters. The minimum absolute atomic E-state index is 0.112. The van der Waals surface area contributed by atoms with Crippen LogP contribution in [0.5, 0.6) is 11.5 Å². The molecule has 0 aromatic heterocycles. The molecule has 2 heterocycles. The van der Waals surface area contributed by atoms with Crippen molar-refractivity contribution in [2.75, 3.05) is 18.7 Å². The molecule has 1 saturated heterocycles. The van der Waals surface area contributed by atoms with E-state index in [2.05, 4.69) is 10.6 Å². The Morgan fingerprint density at radius 1 is 1.30 bits per heavy atom. The van der Waals surface area contributed by atoms with Crippen LogP contribution >= 0.6 is 0 Å². The Morgan fingerprint density at radius 2 is 2.03 bits per heavy atom. The zero-order valence-electron chi connectivity index (χ0n) is 17.1. The number of unbranched alkanes of at least 4 members (excludes halogenated alkanes) is 1. The molecule has 1 aromatic rings. The Labute approximate surface area is 173 Å². The van der Waals surface area contributed by atoms with E-state index in [1.54, 1.807) is 25.1 Å². The van der Waals surface area contributed by atoms with Crippen LogP contribution in [0.4, 0.5) is 10.5 Å². The van der Waals surface area contributed by atoms with Gasteiger partial charge in [0.25, 0.3) is 11.8 Å². The Bertz CT molecular complexity index is 872. The Hall–Kier alpha value is -3.30. The molecular weight excluding hydrogens is 394 g/mol. The predicted molar refractivity (Wildman–Crippen MR) is 105 cm³/mol. The molecule has 0 bridgehead atoms. The topological polar surface area (TPSA) is 123 Å². The van der Waals surface area contributed by atoms with Gasteiger partial charge in [-0.05, 0) is 32.4 Å². The van der Waals surface area contributed by atoms with Gasteiger partial charge in [0, 0.05) is 11.8 Å². The van der Waals surface area contributed by atoms with Crippen LogP contribution < -0.4 is 20.1 Å². The summed E-state index contributed by atoms with van der Waals surface area (Å²) in [6.07, 6.45) is 0.984. The van der Waals surface area contributed by atoms with Gasteiger partial charge in [-0.3, -0.25) is 19.3 Å². The number of carbonyl (C=O) groups is 4. The van der Waals surface area contributed by atoms with Gasteiger partial charge < -0.3 is 24.8 Å². The first-order valence-electron chi connectivity index (χ1n) is 9.77. The first kappa shape index (κ1) is 21.4. The van der Waals surface area contributed by atoms with Crippen molar-refractivity contribution in [1.29, 1.82) is 0 Å². The first-order chi connectivity index (χ1) is 14.2. The van der Waals surface area contributed by atoms with Crippen molar-refractivity contribution < 1.29 is 33.4 Å². The smallest absolute Gasteiger partial charge is 0.327 e. The number of benzene rings is 1. The standard InChI is InChI=1S/C20H25N3O7/c1-4-5-8-20(3)18(26)23(19(27)22-20)10-16(24)30-12(2)17(25)21-13-6-7-14-15(9-13)29-11-28-14/h6-7,9,12H,4-5,8,10-11H2,1-3H3,(H,21,25)(H,22,27)/t12-,20+/m0/s1. The number of rotatable bonds is 8. The third-order valence-electron chi connectivity index (χ3n) is 4.98. The lowest BCUT2D eigenvalue weighted by Crippen LogP contribution is -2.44. The molecule has 2 aliphatic rings. The molecule has 0 spiro atoms. The molecular formula is C20H25N3O7. The fourth-order valence-corrected chi connectivity index (χ4v) is 3.23. The second-order valence-corrected chi connectivity index (χ2v) is 7.45. The molecule has 0 saturated carbocycles. The van der Waals surface area contributed by atoms with Gasteiger partial charge in [-0.25, -0.2) is 4.79 Å². The van der Waals surface area contributed by atoms with E-state index in [1.165, 1.54) is 6.92 Å². The van der Waals surface area contributed by atoms with Gasteiger partial charge in [0.2, 0.25) is 6.79 Å². The van der Waals surface area contributed by atoms with Crippen LogP contribution in [0, 0.1) is 0 Å². The summed E-state index contributed by atoms with van der Waals surface area (Å²) in [7, 11) is 0. The number of carbonyl (C=O) groups excluding carboxylic acids is 4. The highest BCUT2D eigenvalue weighted by molar-refractivity contribution is 6.08. The van der Waals surface area contributed by atoms with Crippen LogP contribution in [0.25, 0.3) is 0 Å². The van der Waals surface area contributed by atoms with Crippen molar-refractivity contribution in [2.45, 2.75) is 51.7 Å². The molecule has 30 heavy (non-hydrogen) atoms. The van der Waals surface area contributed by atoms with E-state index >= 15 is 0 Å². The summed E-state index contributed by atoms with van der Waals surface area (Å²) >= 11 is 0. The van der Waals surface area contributed by atoms with Crippen LogP contribution in [0.1, 0.15) is 40.0 Å². The molecule has 10 nitrogen and oxygen atoms in total. The van der Waals surface area contributed by atoms with E-state index in [0.29, 0.717) is 23.6 Å². The third-order valence-corrected chi connectivity index (χ3v) is 4.98. The summed E-state index contributed by atoms with van der Waals surface area (Å²) in [5.41, 5.74) is -0.580. The maximum atomic E-state index is 12.6. The molecule has 2 N–H and O–H groups in total. The number of anilines is 1. The van der Waals surface area contributed by atoms with Crippen LogP contribution in [0.3, 0.4) is 0 Å². The number of ether oxygens (including phenoxy) is 3. The third kappa shape index (κ3) is 4.47. The fraction of sp³-hybridized carbons (Fsp3) is 0.500. The summed E-state index contributed by atoms with van der Waals surface area (Å²) in [5, 5.41) is 5.24. The van der Waals surface area contributed by atoms with Crippen molar-refractivity contribution in [3.05, 3.63) is 18.2 Å². The lowest BCUT2D eigenvalue weighted by Gasteiger charge is -2.21. The minimum atomic E-state index is -1.13. The fourth-order valence-electron chi connectivity index (χ4n) is 3.23. The monoisotopic (exact) mass is 419 g/mol. The summed E-state index contributed by atoms with van der Waals surface area (Å²) in [6.45, 7) is 4.57. The van der Waals surface area contributed by atoms with E-state index in [9.17, 15) is 19.2 Å². The lowest BCUT2D eigenvalue weighted by atomic mass is 9.95. The van der Waals surface area contributed by atoms with Gasteiger partial charge in [-0.2, -0.15) is 0 Å². The zero-order chi connectivity index (χ0) is 21.9. The molecule has 162 valence electrons. The number of nitrogens with zero attached hydrogens (tertiary/aromatic N) is 1.